The van der Waals surface area contributed by atoms with E-state index < -0.39 is 0 Å². The number of nitrogens with two attached hydrogens (primary N) is 2. The van der Waals surface area contributed by atoms with Gasteiger partial charge in [0.2, 0.25) is 0 Å². The molecule has 4 N–H and O–H groups in total. The summed E-state index contributed by atoms with van der Waals surface area (Å²) in [6.45, 7) is 8.33. The molecule has 0 fully saturated rings. The van der Waals surface area contributed by atoms with E-state index in [4.69, 9.17) is 11.5 Å². The largest absolute Gasteiger partial charge is 0.325 e. The van der Waals surface area contributed by atoms with Gasteiger partial charge in [0.15, 0.2) is 0 Å². The third-order valence-electron chi connectivity index (χ3n) is 2.42. The Balaban J connectivity index is 4.02. The van der Waals surface area contributed by atoms with E-state index in [-0.39, 0.29) is 11.1 Å². The van der Waals surface area contributed by atoms with Crippen molar-refractivity contribution in [3.63, 3.8) is 0 Å². The minimum atomic E-state index is -0.0977. The second-order valence-electron chi connectivity index (χ2n) is 4.19. The molecule has 0 saturated heterocycles. The van der Waals surface area contributed by atoms with E-state index in [1.807, 2.05) is 0 Å². The van der Waals surface area contributed by atoms with Crippen LogP contribution in [0.4, 0.5) is 0 Å². The molecular weight excluding hydrogens is 136 g/mol. The lowest BCUT2D eigenvalue weighted by molar-refractivity contribution is 0.296. The van der Waals surface area contributed by atoms with Gasteiger partial charge in [-0.25, -0.2) is 0 Å². The van der Waals surface area contributed by atoms with E-state index in [9.17, 15) is 0 Å². The minimum Gasteiger partial charge on any atom is -0.325 e. The average Bonchev–Trinajstić information content (AvgIpc) is 1.86. The van der Waals surface area contributed by atoms with Gasteiger partial charge in [-0.05, 0) is 33.1 Å². The number of hydrogen-bond donors (Lipinski definition) is 2. The Morgan fingerprint density at radius 3 is 1.36 bits per heavy atom. The molecule has 0 bridgehead atoms. The summed E-state index contributed by atoms with van der Waals surface area (Å²) in [4.78, 5) is 0. The monoisotopic (exact) mass is 158 g/mol. The number of rotatable bonds is 4. The van der Waals surface area contributed by atoms with Gasteiger partial charge in [0, 0.05) is 11.1 Å². The lowest BCUT2D eigenvalue weighted by Crippen LogP contribution is -2.48. The molecule has 0 aliphatic rings. The summed E-state index contributed by atoms with van der Waals surface area (Å²) in [6.07, 6.45) is 2.87. The highest BCUT2D eigenvalue weighted by Crippen LogP contribution is 2.21. The normalized spacial score (nSPS) is 22.4. The quantitative estimate of drug-likeness (QED) is 0.653. The van der Waals surface area contributed by atoms with Crippen LogP contribution in [-0.4, -0.2) is 11.1 Å². The van der Waals surface area contributed by atoms with Crippen LogP contribution < -0.4 is 11.5 Å². The topological polar surface area (TPSA) is 52.0 Å². The standard InChI is InChI=1S/C9H22N2/c1-5-8(3,10)7-9(4,11)6-2/h5-7,10-11H2,1-4H3/t8-,9?/m0/s1. The highest BCUT2D eigenvalue weighted by Gasteiger charge is 2.26. The zero-order valence-corrected chi connectivity index (χ0v) is 8.28. The molecule has 0 amide bonds. The molecular formula is C9H22N2. The summed E-state index contributed by atoms with van der Waals surface area (Å²) in [5.74, 6) is 0. The summed E-state index contributed by atoms with van der Waals surface area (Å²) in [6, 6.07) is 0. The molecule has 0 aliphatic carbocycles. The summed E-state index contributed by atoms with van der Waals surface area (Å²) in [5.41, 5.74) is 11.8. The Bertz CT molecular complexity index is 103. The van der Waals surface area contributed by atoms with Gasteiger partial charge in [-0.3, -0.25) is 0 Å². The van der Waals surface area contributed by atoms with Crippen LogP contribution in [0.3, 0.4) is 0 Å². The van der Waals surface area contributed by atoms with E-state index in [1.165, 1.54) is 0 Å². The molecule has 0 saturated carbocycles. The zero-order valence-electron chi connectivity index (χ0n) is 8.28. The molecule has 68 valence electrons. The van der Waals surface area contributed by atoms with Crippen LogP contribution in [0.15, 0.2) is 0 Å². The first-order chi connectivity index (χ1) is 4.83. The van der Waals surface area contributed by atoms with Crippen LogP contribution in [0.5, 0.6) is 0 Å². The highest BCUT2D eigenvalue weighted by molar-refractivity contribution is 4.89. The third-order valence-corrected chi connectivity index (χ3v) is 2.42. The molecule has 0 spiro atoms. The van der Waals surface area contributed by atoms with Crippen LogP contribution in [0.2, 0.25) is 0 Å². The minimum absolute atomic E-state index is 0.0977. The Morgan fingerprint density at radius 2 is 1.18 bits per heavy atom. The van der Waals surface area contributed by atoms with Gasteiger partial charge in [-0.2, -0.15) is 0 Å². The lowest BCUT2D eigenvalue weighted by Gasteiger charge is -2.33. The SMILES string of the molecule is CCC(C)(N)C[C@@](C)(N)CC. The van der Waals surface area contributed by atoms with E-state index in [0.29, 0.717) is 0 Å². The Hall–Kier alpha value is -0.0800. The first-order valence-corrected chi connectivity index (χ1v) is 4.41. The fraction of sp³-hybridized carbons (Fsp3) is 1.00. The van der Waals surface area contributed by atoms with Crippen LogP contribution in [0.1, 0.15) is 47.0 Å². The van der Waals surface area contributed by atoms with Gasteiger partial charge in [0.1, 0.15) is 0 Å². The predicted molar refractivity (Wildman–Crippen MR) is 50.4 cm³/mol. The highest BCUT2D eigenvalue weighted by atomic mass is 14.8. The van der Waals surface area contributed by atoms with Crippen molar-refractivity contribution in [3.8, 4) is 0 Å². The summed E-state index contributed by atoms with van der Waals surface area (Å²) in [5, 5.41) is 0. The molecule has 0 aromatic heterocycles. The van der Waals surface area contributed by atoms with Gasteiger partial charge < -0.3 is 11.5 Å². The van der Waals surface area contributed by atoms with Crippen molar-refractivity contribution < 1.29 is 0 Å². The predicted octanol–water partition coefficient (Wildman–Crippen LogP) is 1.63. The van der Waals surface area contributed by atoms with Gasteiger partial charge in [0.05, 0.1) is 0 Å². The molecule has 0 aliphatic heterocycles. The molecule has 2 heteroatoms. The van der Waals surface area contributed by atoms with Crippen LogP contribution >= 0.6 is 0 Å². The molecule has 0 heterocycles. The molecule has 0 aromatic carbocycles. The fourth-order valence-electron chi connectivity index (χ4n) is 1.17. The van der Waals surface area contributed by atoms with Crippen molar-refractivity contribution in [1.82, 2.24) is 0 Å². The molecule has 2 nitrogen and oxygen atoms in total. The van der Waals surface area contributed by atoms with Gasteiger partial charge in [0.25, 0.3) is 0 Å². The van der Waals surface area contributed by atoms with Crippen molar-refractivity contribution in [2.45, 2.75) is 58.0 Å². The molecule has 0 radical (unpaired) electrons. The van der Waals surface area contributed by atoms with Crippen LogP contribution in [0.25, 0.3) is 0 Å². The summed E-state index contributed by atoms with van der Waals surface area (Å²) >= 11 is 0. The van der Waals surface area contributed by atoms with E-state index in [1.54, 1.807) is 0 Å². The first-order valence-electron chi connectivity index (χ1n) is 4.41. The van der Waals surface area contributed by atoms with Gasteiger partial charge >= 0.3 is 0 Å². The Kier molecular flexibility index (Phi) is 3.52. The van der Waals surface area contributed by atoms with Gasteiger partial charge in [-0.15, -0.1) is 0 Å². The maximum atomic E-state index is 6.00. The smallest absolute Gasteiger partial charge is 0.0140 e. The van der Waals surface area contributed by atoms with E-state index >= 15 is 0 Å². The fourth-order valence-corrected chi connectivity index (χ4v) is 1.17. The maximum Gasteiger partial charge on any atom is 0.0140 e. The average molecular weight is 158 g/mol. The molecule has 0 rings (SSSR count). The Labute approximate surface area is 70.3 Å². The van der Waals surface area contributed by atoms with E-state index in [2.05, 4.69) is 27.7 Å². The van der Waals surface area contributed by atoms with Gasteiger partial charge in [-0.1, -0.05) is 13.8 Å². The zero-order chi connectivity index (χ0) is 9.12. The van der Waals surface area contributed by atoms with Crippen LogP contribution in [0, 0.1) is 0 Å². The van der Waals surface area contributed by atoms with Crippen molar-refractivity contribution in [1.29, 1.82) is 0 Å². The lowest BCUT2D eigenvalue weighted by atomic mass is 9.82. The maximum absolute atomic E-state index is 6.00. The Morgan fingerprint density at radius 1 is 0.909 bits per heavy atom. The molecule has 2 atom stereocenters. The molecule has 0 aromatic rings. The molecule has 11 heavy (non-hydrogen) atoms. The first kappa shape index (κ1) is 10.9. The van der Waals surface area contributed by atoms with Crippen molar-refractivity contribution >= 4 is 0 Å². The second kappa shape index (κ2) is 3.55. The summed E-state index contributed by atoms with van der Waals surface area (Å²) < 4.78 is 0. The van der Waals surface area contributed by atoms with E-state index in [0.717, 1.165) is 19.3 Å². The number of hydrogen-bond acceptors (Lipinski definition) is 2. The van der Waals surface area contributed by atoms with Crippen molar-refractivity contribution in [3.05, 3.63) is 0 Å². The second-order valence-corrected chi connectivity index (χ2v) is 4.19. The van der Waals surface area contributed by atoms with Crippen molar-refractivity contribution in [2.24, 2.45) is 11.5 Å². The third kappa shape index (κ3) is 4.38. The molecule has 1 unspecified atom stereocenters. The van der Waals surface area contributed by atoms with Crippen LogP contribution in [-0.2, 0) is 0 Å². The summed E-state index contributed by atoms with van der Waals surface area (Å²) in [7, 11) is 0. The van der Waals surface area contributed by atoms with Crippen molar-refractivity contribution in [2.75, 3.05) is 0 Å².